The van der Waals surface area contributed by atoms with Crippen molar-refractivity contribution in [2.75, 3.05) is 5.32 Å². The minimum absolute atomic E-state index is 0.00361. The number of hydrogen-bond donors (Lipinski definition) is 3. The van der Waals surface area contributed by atoms with Crippen LogP contribution in [0, 0.1) is 0 Å². The number of rotatable bonds is 4. The van der Waals surface area contributed by atoms with Crippen molar-refractivity contribution in [3.05, 3.63) is 36.2 Å². The van der Waals surface area contributed by atoms with Crippen molar-refractivity contribution in [2.24, 2.45) is 7.05 Å². The van der Waals surface area contributed by atoms with E-state index in [-0.39, 0.29) is 12.1 Å². The Hall–Kier alpha value is -2.97. The predicted octanol–water partition coefficient (Wildman–Crippen LogP) is 0.230. The molecule has 0 spiro atoms. The number of carbonyl (C=O) groups excluding carboxylic acids is 1. The molecule has 0 aromatic carbocycles. The molecule has 0 atom stereocenters. The summed E-state index contributed by atoms with van der Waals surface area (Å²) in [5, 5.41) is 21.4. The fourth-order valence-corrected chi connectivity index (χ4v) is 1.43. The smallest absolute Gasteiger partial charge is 0.337 e. The molecule has 0 radical (unpaired) electrons. The Labute approximate surface area is 113 Å². The van der Waals surface area contributed by atoms with Crippen LogP contribution in [0.4, 0.5) is 10.5 Å². The Morgan fingerprint density at radius 3 is 2.85 bits per heavy atom. The average molecular weight is 276 g/mol. The van der Waals surface area contributed by atoms with Gasteiger partial charge in [-0.2, -0.15) is 0 Å². The number of hydrogen-bond acceptors (Lipinski definition) is 5. The molecule has 0 aliphatic rings. The second-order valence-electron chi connectivity index (χ2n) is 3.93. The molecule has 20 heavy (non-hydrogen) atoms. The molecule has 9 nitrogen and oxygen atoms in total. The Balaban J connectivity index is 1.93. The van der Waals surface area contributed by atoms with Crippen molar-refractivity contribution in [2.45, 2.75) is 6.54 Å². The van der Waals surface area contributed by atoms with Gasteiger partial charge in [-0.3, -0.25) is 4.98 Å². The third-order valence-electron chi connectivity index (χ3n) is 2.46. The van der Waals surface area contributed by atoms with Gasteiger partial charge in [0, 0.05) is 13.2 Å². The van der Waals surface area contributed by atoms with Crippen LogP contribution in [-0.2, 0) is 13.6 Å². The maximum Gasteiger partial charge on any atom is 0.337 e. The standard InChI is InChI=1S/C11H12N6O3/c1-17-6-14-16-9(17)5-13-11(20)15-8-2-7(10(18)19)3-12-4-8/h2-4,6H,5H2,1H3,(H,18,19)(H2,13,15,20). The van der Waals surface area contributed by atoms with Gasteiger partial charge in [-0.1, -0.05) is 0 Å². The van der Waals surface area contributed by atoms with Crippen LogP contribution in [0.15, 0.2) is 24.8 Å². The van der Waals surface area contributed by atoms with Crippen molar-refractivity contribution >= 4 is 17.7 Å². The quantitative estimate of drug-likeness (QED) is 0.734. The van der Waals surface area contributed by atoms with Crippen LogP contribution in [0.1, 0.15) is 16.2 Å². The van der Waals surface area contributed by atoms with E-state index >= 15 is 0 Å². The summed E-state index contributed by atoms with van der Waals surface area (Å²) in [6, 6.07) is 0.828. The number of nitrogens with one attached hydrogen (secondary N) is 2. The third kappa shape index (κ3) is 3.28. The van der Waals surface area contributed by atoms with Gasteiger partial charge in [-0.25, -0.2) is 9.59 Å². The van der Waals surface area contributed by atoms with Gasteiger partial charge in [0.25, 0.3) is 0 Å². The molecule has 0 aliphatic heterocycles. The highest BCUT2D eigenvalue weighted by Crippen LogP contribution is 2.08. The van der Waals surface area contributed by atoms with E-state index in [9.17, 15) is 9.59 Å². The highest BCUT2D eigenvalue weighted by molar-refractivity contribution is 5.92. The number of anilines is 1. The van der Waals surface area contributed by atoms with E-state index in [1.54, 1.807) is 11.6 Å². The van der Waals surface area contributed by atoms with E-state index in [1.165, 1.54) is 24.8 Å². The van der Waals surface area contributed by atoms with Crippen molar-refractivity contribution in [1.29, 1.82) is 0 Å². The first kappa shape index (κ1) is 13.5. The van der Waals surface area contributed by atoms with Crippen LogP contribution in [0.2, 0.25) is 0 Å². The Morgan fingerprint density at radius 1 is 1.40 bits per heavy atom. The van der Waals surface area contributed by atoms with Crippen molar-refractivity contribution < 1.29 is 14.7 Å². The number of aromatic carboxylic acids is 1. The third-order valence-corrected chi connectivity index (χ3v) is 2.46. The highest BCUT2D eigenvalue weighted by Gasteiger charge is 2.08. The molecule has 2 rings (SSSR count). The summed E-state index contributed by atoms with van der Waals surface area (Å²) < 4.78 is 1.67. The number of carbonyl (C=O) groups is 2. The summed E-state index contributed by atoms with van der Waals surface area (Å²) in [5.41, 5.74) is 0.288. The van der Waals surface area contributed by atoms with Crippen molar-refractivity contribution in [1.82, 2.24) is 25.1 Å². The lowest BCUT2D eigenvalue weighted by atomic mass is 10.3. The van der Waals surface area contributed by atoms with Gasteiger partial charge in [0.1, 0.15) is 6.33 Å². The summed E-state index contributed by atoms with van der Waals surface area (Å²) in [7, 11) is 1.76. The predicted molar refractivity (Wildman–Crippen MR) is 68.1 cm³/mol. The van der Waals surface area contributed by atoms with Crippen molar-refractivity contribution in [3.63, 3.8) is 0 Å². The van der Waals surface area contributed by atoms with Crippen LogP contribution in [-0.4, -0.2) is 36.9 Å². The second-order valence-corrected chi connectivity index (χ2v) is 3.93. The number of aromatic nitrogens is 4. The van der Waals surface area contributed by atoms with Crippen LogP contribution >= 0.6 is 0 Å². The molecule has 0 aliphatic carbocycles. The molecule has 2 heterocycles. The fourth-order valence-electron chi connectivity index (χ4n) is 1.43. The largest absolute Gasteiger partial charge is 0.478 e. The van der Waals surface area contributed by atoms with E-state index in [4.69, 9.17) is 5.11 Å². The molecular weight excluding hydrogens is 264 g/mol. The van der Waals surface area contributed by atoms with E-state index in [0.717, 1.165) is 0 Å². The molecule has 0 bridgehead atoms. The van der Waals surface area contributed by atoms with Gasteiger partial charge in [0.05, 0.1) is 24.0 Å². The summed E-state index contributed by atoms with van der Waals surface area (Å²) in [6.45, 7) is 0.203. The van der Waals surface area contributed by atoms with Gasteiger partial charge in [0.15, 0.2) is 5.82 Å². The van der Waals surface area contributed by atoms with Gasteiger partial charge in [-0.15, -0.1) is 10.2 Å². The number of aryl methyl sites for hydroxylation is 1. The first-order valence-electron chi connectivity index (χ1n) is 5.62. The fraction of sp³-hybridized carbons (Fsp3) is 0.182. The average Bonchev–Trinajstić information content (AvgIpc) is 2.82. The Kier molecular flexibility index (Phi) is 3.89. The highest BCUT2D eigenvalue weighted by atomic mass is 16.4. The molecule has 2 aromatic heterocycles. The lowest BCUT2D eigenvalue weighted by Gasteiger charge is -2.07. The molecule has 3 N–H and O–H groups in total. The summed E-state index contributed by atoms with van der Waals surface area (Å²) in [6.07, 6.45) is 4.08. The first-order chi connectivity index (χ1) is 9.56. The number of urea groups is 1. The number of pyridine rings is 1. The minimum atomic E-state index is -1.11. The second kappa shape index (κ2) is 5.78. The van der Waals surface area contributed by atoms with E-state index in [0.29, 0.717) is 11.5 Å². The maximum atomic E-state index is 11.6. The zero-order valence-corrected chi connectivity index (χ0v) is 10.6. The Morgan fingerprint density at radius 2 is 2.20 bits per heavy atom. The molecule has 0 fully saturated rings. The molecule has 2 aromatic rings. The van der Waals surface area contributed by atoms with Crippen LogP contribution in [0.5, 0.6) is 0 Å². The van der Waals surface area contributed by atoms with Crippen LogP contribution < -0.4 is 10.6 Å². The Bertz CT molecular complexity index is 639. The molecule has 0 unspecified atom stereocenters. The minimum Gasteiger partial charge on any atom is -0.478 e. The lowest BCUT2D eigenvalue weighted by molar-refractivity contribution is 0.0696. The zero-order valence-electron chi connectivity index (χ0n) is 10.6. The van der Waals surface area contributed by atoms with Gasteiger partial charge >= 0.3 is 12.0 Å². The van der Waals surface area contributed by atoms with Crippen LogP contribution in [0.3, 0.4) is 0 Å². The maximum absolute atomic E-state index is 11.6. The number of carboxylic acid groups (broad SMARTS) is 1. The van der Waals surface area contributed by atoms with Gasteiger partial charge < -0.3 is 20.3 Å². The molecule has 104 valence electrons. The number of amides is 2. The first-order valence-corrected chi connectivity index (χ1v) is 5.62. The molecule has 0 saturated carbocycles. The molecule has 0 saturated heterocycles. The normalized spacial score (nSPS) is 10.1. The monoisotopic (exact) mass is 276 g/mol. The van der Waals surface area contributed by atoms with Gasteiger partial charge in [0.2, 0.25) is 0 Å². The lowest BCUT2D eigenvalue weighted by Crippen LogP contribution is -2.29. The van der Waals surface area contributed by atoms with E-state index in [1.807, 2.05) is 0 Å². The SMILES string of the molecule is Cn1cnnc1CNC(=O)Nc1cncc(C(=O)O)c1. The van der Waals surface area contributed by atoms with Crippen LogP contribution in [0.25, 0.3) is 0 Å². The number of nitrogens with zero attached hydrogens (tertiary/aromatic N) is 4. The summed E-state index contributed by atoms with van der Waals surface area (Å²) in [4.78, 5) is 26.1. The topological polar surface area (TPSA) is 122 Å². The molecule has 9 heteroatoms. The zero-order chi connectivity index (χ0) is 14.5. The summed E-state index contributed by atoms with van der Waals surface area (Å²) in [5.74, 6) is -0.516. The van der Waals surface area contributed by atoms with E-state index in [2.05, 4.69) is 25.8 Å². The van der Waals surface area contributed by atoms with Crippen molar-refractivity contribution in [3.8, 4) is 0 Å². The summed E-state index contributed by atoms with van der Waals surface area (Å²) >= 11 is 0. The van der Waals surface area contributed by atoms with Gasteiger partial charge in [-0.05, 0) is 6.07 Å². The van der Waals surface area contributed by atoms with E-state index < -0.39 is 12.0 Å². The molecule has 2 amide bonds. The molecular formula is C11H12N6O3. The number of carboxylic acids is 1.